The highest BCUT2D eigenvalue weighted by Crippen LogP contribution is 2.25. The van der Waals surface area contributed by atoms with Crippen LogP contribution in [0.15, 0.2) is 22.8 Å². The lowest BCUT2D eigenvalue weighted by Crippen LogP contribution is -2.25. The number of aromatic hydroxyl groups is 1. The topological polar surface area (TPSA) is 64.7 Å². The number of rotatable bonds is 3. The van der Waals surface area contributed by atoms with Gasteiger partial charge >= 0.3 is 0 Å². The Morgan fingerprint density at radius 1 is 1.28 bits per heavy atom. The molecule has 0 radical (unpaired) electrons. The first-order valence-electron chi connectivity index (χ1n) is 6.12. The molecule has 0 saturated carbocycles. The van der Waals surface area contributed by atoms with Crippen LogP contribution in [0.5, 0.6) is 5.95 Å². The third-order valence-corrected chi connectivity index (χ3v) is 3.03. The summed E-state index contributed by atoms with van der Waals surface area (Å²) in [6.07, 6.45) is 3.89. The third kappa shape index (κ3) is 2.32. The Hall–Kier alpha value is -1.59. The molecule has 0 aromatic carbocycles. The largest absolute Gasteiger partial charge is 0.480 e. The highest BCUT2D eigenvalue weighted by molar-refractivity contribution is 5.82. The summed E-state index contributed by atoms with van der Waals surface area (Å²) in [6, 6.07) is 3.71. The molecule has 0 atom stereocenters. The molecule has 0 amide bonds. The standard InChI is InChI=1S/C13H15NO4/c15-13-10-4-2-9(14-11(10)8-18-13)3-5-12-16-6-1-7-17-12/h2,4,8,12,15H,1,3,5-7H2. The SMILES string of the molecule is Oc1occ2nc(CCC3OCCCO3)ccc12. The molecule has 2 aromatic heterocycles. The molecule has 1 aliphatic heterocycles. The van der Waals surface area contributed by atoms with Crippen molar-refractivity contribution >= 4 is 10.9 Å². The second-order valence-corrected chi connectivity index (χ2v) is 4.34. The van der Waals surface area contributed by atoms with Gasteiger partial charge < -0.3 is 19.0 Å². The molecule has 1 aliphatic rings. The van der Waals surface area contributed by atoms with E-state index in [1.54, 1.807) is 0 Å². The smallest absolute Gasteiger partial charge is 0.291 e. The number of pyridine rings is 1. The molecule has 3 heterocycles. The van der Waals surface area contributed by atoms with E-state index in [0.717, 1.165) is 38.2 Å². The lowest BCUT2D eigenvalue weighted by Gasteiger charge is -2.22. The summed E-state index contributed by atoms with van der Waals surface area (Å²) in [5.74, 6) is -0.0806. The van der Waals surface area contributed by atoms with Crippen molar-refractivity contribution in [3.8, 4) is 5.95 Å². The predicted molar refractivity (Wildman–Crippen MR) is 64.3 cm³/mol. The normalized spacial score (nSPS) is 17.3. The number of ether oxygens (including phenoxy) is 2. The van der Waals surface area contributed by atoms with Gasteiger partial charge in [0.25, 0.3) is 5.95 Å². The van der Waals surface area contributed by atoms with E-state index in [4.69, 9.17) is 13.9 Å². The lowest BCUT2D eigenvalue weighted by atomic mass is 10.2. The van der Waals surface area contributed by atoms with Crippen LogP contribution in [0, 0.1) is 0 Å². The molecule has 1 saturated heterocycles. The van der Waals surface area contributed by atoms with Gasteiger partial charge in [-0.05, 0) is 25.0 Å². The molecule has 0 aliphatic carbocycles. The number of fused-ring (bicyclic) bond motifs is 1. The Labute approximate surface area is 104 Å². The maximum atomic E-state index is 9.39. The highest BCUT2D eigenvalue weighted by atomic mass is 16.7. The zero-order chi connectivity index (χ0) is 12.4. The second kappa shape index (κ2) is 4.96. The minimum absolute atomic E-state index is 0.0806. The van der Waals surface area contributed by atoms with Gasteiger partial charge in [0.1, 0.15) is 11.8 Å². The van der Waals surface area contributed by atoms with Crippen molar-refractivity contribution in [3.63, 3.8) is 0 Å². The van der Waals surface area contributed by atoms with Gasteiger partial charge in [-0.15, -0.1) is 0 Å². The van der Waals surface area contributed by atoms with Crippen molar-refractivity contribution in [2.24, 2.45) is 0 Å². The molecule has 1 fully saturated rings. The molecule has 18 heavy (non-hydrogen) atoms. The molecule has 5 nitrogen and oxygen atoms in total. The average Bonchev–Trinajstić information content (AvgIpc) is 2.79. The van der Waals surface area contributed by atoms with Crippen molar-refractivity contribution in [1.82, 2.24) is 4.98 Å². The second-order valence-electron chi connectivity index (χ2n) is 4.34. The monoisotopic (exact) mass is 249 g/mol. The minimum atomic E-state index is -0.117. The number of aryl methyl sites for hydroxylation is 1. The molecule has 5 heteroatoms. The van der Waals surface area contributed by atoms with Gasteiger partial charge in [-0.1, -0.05) is 0 Å². The fraction of sp³-hybridized carbons (Fsp3) is 0.462. The van der Waals surface area contributed by atoms with E-state index in [0.29, 0.717) is 10.9 Å². The highest BCUT2D eigenvalue weighted by Gasteiger charge is 2.14. The van der Waals surface area contributed by atoms with Gasteiger partial charge in [0.15, 0.2) is 6.29 Å². The first-order valence-corrected chi connectivity index (χ1v) is 6.12. The number of hydrogen-bond acceptors (Lipinski definition) is 5. The quantitative estimate of drug-likeness (QED) is 0.903. The van der Waals surface area contributed by atoms with Crippen molar-refractivity contribution in [1.29, 1.82) is 0 Å². The maximum absolute atomic E-state index is 9.39. The van der Waals surface area contributed by atoms with Crippen LogP contribution < -0.4 is 0 Å². The molecule has 0 unspecified atom stereocenters. The van der Waals surface area contributed by atoms with Crippen LogP contribution in [-0.4, -0.2) is 29.6 Å². The Kier molecular flexibility index (Phi) is 3.17. The van der Waals surface area contributed by atoms with E-state index in [1.807, 2.05) is 12.1 Å². The number of nitrogens with zero attached hydrogens (tertiary/aromatic N) is 1. The average molecular weight is 249 g/mol. The van der Waals surface area contributed by atoms with Gasteiger partial charge in [-0.25, -0.2) is 4.98 Å². The fourth-order valence-corrected chi connectivity index (χ4v) is 2.07. The summed E-state index contributed by atoms with van der Waals surface area (Å²) >= 11 is 0. The van der Waals surface area contributed by atoms with E-state index in [-0.39, 0.29) is 12.2 Å². The zero-order valence-electron chi connectivity index (χ0n) is 9.96. The first-order chi connectivity index (χ1) is 8.83. The van der Waals surface area contributed by atoms with Crippen molar-refractivity contribution in [2.45, 2.75) is 25.6 Å². The molecule has 0 bridgehead atoms. The predicted octanol–water partition coefficient (Wildman–Crippen LogP) is 2.23. The Bertz CT molecular complexity index is 531. The Morgan fingerprint density at radius 2 is 2.11 bits per heavy atom. The molecule has 3 rings (SSSR count). The summed E-state index contributed by atoms with van der Waals surface area (Å²) in [5, 5.41) is 10.0. The fourth-order valence-electron chi connectivity index (χ4n) is 2.07. The van der Waals surface area contributed by atoms with Gasteiger partial charge in [0, 0.05) is 12.1 Å². The zero-order valence-corrected chi connectivity index (χ0v) is 9.96. The van der Waals surface area contributed by atoms with Gasteiger partial charge in [-0.3, -0.25) is 0 Å². The van der Waals surface area contributed by atoms with Crippen LogP contribution in [-0.2, 0) is 15.9 Å². The summed E-state index contributed by atoms with van der Waals surface area (Å²) in [6.45, 7) is 1.54. The van der Waals surface area contributed by atoms with Crippen LogP contribution >= 0.6 is 0 Å². The number of hydrogen-bond donors (Lipinski definition) is 1. The number of aromatic nitrogens is 1. The minimum Gasteiger partial charge on any atom is -0.480 e. The molecule has 2 aromatic rings. The summed E-state index contributed by atoms with van der Waals surface area (Å²) in [4.78, 5) is 4.42. The van der Waals surface area contributed by atoms with Crippen LogP contribution in [0.25, 0.3) is 10.9 Å². The van der Waals surface area contributed by atoms with Crippen molar-refractivity contribution < 1.29 is 19.0 Å². The molecule has 96 valence electrons. The van der Waals surface area contributed by atoms with Gasteiger partial charge in [0.05, 0.1) is 18.6 Å². The van der Waals surface area contributed by atoms with Crippen LogP contribution in [0.1, 0.15) is 18.5 Å². The van der Waals surface area contributed by atoms with Crippen molar-refractivity contribution in [3.05, 3.63) is 24.1 Å². The van der Waals surface area contributed by atoms with E-state index >= 15 is 0 Å². The van der Waals surface area contributed by atoms with E-state index in [9.17, 15) is 5.11 Å². The van der Waals surface area contributed by atoms with E-state index in [2.05, 4.69) is 4.98 Å². The Morgan fingerprint density at radius 3 is 2.94 bits per heavy atom. The van der Waals surface area contributed by atoms with E-state index in [1.165, 1.54) is 6.26 Å². The molecular formula is C13H15NO4. The third-order valence-electron chi connectivity index (χ3n) is 3.03. The molecular weight excluding hydrogens is 234 g/mol. The maximum Gasteiger partial charge on any atom is 0.291 e. The van der Waals surface area contributed by atoms with E-state index < -0.39 is 0 Å². The molecule has 1 N–H and O–H groups in total. The summed E-state index contributed by atoms with van der Waals surface area (Å²) in [5.41, 5.74) is 1.62. The summed E-state index contributed by atoms with van der Waals surface area (Å²) in [7, 11) is 0. The first kappa shape index (κ1) is 11.5. The van der Waals surface area contributed by atoms with Crippen LogP contribution in [0.4, 0.5) is 0 Å². The Balaban J connectivity index is 1.66. The van der Waals surface area contributed by atoms with Gasteiger partial charge in [0.2, 0.25) is 0 Å². The lowest BCUT2D eigenvalue weighted by molar-refractivity contribution is -0.180. The van der Waals surface area contributed by atoms with Crippen LogP contribution in [0.2, 0.25) is 0 Å². The van der Waals surface area contributed by atoms with Crippen LogP contribution in [0.3, 0.4) is 0 Å². The summed E-state index contributed by atoms with van der Waals surface area (Å²) < 4.78 is 15.9. The van der Waals surface area contributed by atoms with Gasteiger partial charge in [-0.2, -0.15) is 0 Å². The number of furan rings is 1. The van der Waals surface area contributed by atoms with Crippen molar-refractivity contribution in [2.75, 3.05) is 13.2 Å². The molecule has 0 spiro atoms.